The van der Waals surface area contributed by atoms with Crippen LogP contribution >= 0.6 is 0 Å². The number of benzene rings is 1. The summed E-state index contributed by atoms with van der Waals surface area (Å²) in [7, 11) is 3.77. The molecule has 1 atom stereocenters. The Kier molecular flexibility index (Phi) is 6.74. The molecule has 1 unspecified atom stereocenters. The van der Waals surface area contributed by atoms with E-state index in [4.69, 9.17) is 19.8 Å². The average Bonchev–Trinajstić information content (AvgIpc) is 2.39. The molecule has 6 heteroatoms. The molecule has 106 valence electrons. The van der Waals surface area contributed by atoms with Crippen LogP contribution < -0.4 is 0 Å². The topological polar surface area (TPSA) is 98.1 Å². The van der Waals surface area contributed by atoms with Crippen LogP contribution in [-0.2, 0) is 15.3 Å². The van der Waals surface area contributed by atoms with Crippen LogP contribution in [-0.4, -0.2) is 46.3 Å². The van der Waals surface area contributed by atoms with Gasteiger partial charge in [-0.05, 0) is 26.1 Å². The summed E-state index contributed by atoms with van der Waals surface area (Å²) in [4.78, 5) is 20.0. The molecule has 0 heterocycles. The van der Waals surface area contributed by atoms with Gasteiger partial charge >= 0.3 is 11.9 Å². The van der Waals surface area contributed by atoms with Crippen molar-refractivity contribution in [3.8, 4) is 0 Å². The molecule has 1 aromatic rings. The molecule has 0 fully saturated rings. The summed E-state index contributed by atoms with van der Waals surface area (Å²) >= 11 is 0. The van der Waals surface area contributed by atoms with Gasteiger partial charge in [-0.15, -0.1) is 0 Å². The van der Waals surface area contributed by atoms with Gasteiger partial charge in [0, 0.05) is 0 Å². The van der Waals surface area contributed by atoms with Gasteiger partial charge < -0.3 is 15.3 Å². The van der Waals surface area contributed by atoms with Crippen LogP contribution in [0.15, 0.2) is 30.3 Å². The standard InChI is InChI=1S/C11H17NO.C2H2O4/c1-4-11(13,12(2)3)10-8-6-5-7-9-10;3-1(4)2(5)6/h5-9,13H,4H2,1-3H3;(H,3,4)(H,5,6). The Morgan fingerprint density at radius 1 is 1.11 bits per heavy atom. The second-order valence-electron chi connectivity index (χ2n) is 4.04. The van der Waals surface area contributed by atoms with Gasteiger partial charge in [-0.1, -0.05) is 37.3 Å². The van der Waals surface area contributed by atoms with E-state index in [0.29, 0.717) is 6.42 Å². The van der Waals surface area contributed by atoms with Crippen molar-refractivity contribution in [1.82, 2.24) is 4.90 Å². The van der Waals surface area contributed by atoms with Gasteiger partial charge in [-0.25, -0.2) is 9.59 Å². The van der Waals surface area contributed by atoms with Crippen LogP contribution in [0.3, 0.4) is 0 Å². The Hall–Kier alpha value is -1.92. The second-order valence-corrected chi connectivity index (χ2v) is 4.04. The number of aliphatic hydroxyl groups is 1. The Morgan fingerprint density at radius 2 is 1.53 bits per heavy atom. The lowest BCUT2D eigenvalue weighted by molar-refractivity contribution is -0.159. The van der Waals surface area contributed by atoms with E-state index < -0.39 is 17.7 Å². The van der Waals surface area contributed by atoms with Crippen LogP contribution in [0.5, 0.6) is 0 Å². The number of carboxylic acid groups (broad SMARTS) is 2. The summed E-state index contributed by atoms with van der Waals surface area (Å²) in [6.07, 6.45) is 0.685. The number of hydrogen-bond donors (Lipinski definition) is 3. The maximum atomic E-state index is 10.3. The van der Waals surface area contributed by atoms with Crippen LogP contribution in [0.4, 0.5) is 0 Å². The summed E-state index contributed by atoms with van der Waals surface area (Å²) < 4.78 is 0. The van der Waals surface area contributed by atoms with Crippen LogP contribution in [0.1, 0.15) is 18.9 Å². The normalized spacial score (nSPS) is 13.1. The van der Waals surface area contributed by atoms with E-state index >= 15 is 0 Å². The number of carbonyl (C=O) groups is 2. The lowest BCUT2D eigenvalue weighted by atomic mass is 9.99. The number of aliphatic carboxylic acids is 2. The first-order valence-corrected chi connectivity index (χ1v) is 5.67. The molecule has 1 aromatic carbocycles. The van der Waals surface area contributed by atoms with Gasteiger partial charge in [0.2, 0.25) is 0 Å². The second kappa shape index (κ2) is 7.50. The zero-order chi connectivity index (χ0) is 15.1. The third-order valence-electron chi connectivity index (χ3n) is 2.65. The minimum Gasteiger partial charge on any atom is -0.473 e. The SMILES string of the molecule is CCC(O)(c1ccccc1)N(C)C.O=C(O)C(=O)O. The molecule has 0 spiro atoms. The van der Waals surface area contributed by atoms with Crippen molar-refractivity contribution in [3.05, 3.63) is 35.9 Å². The van der Waals surface area contributed by atoms with Crippen molar-refractivity contribution < 1.29 is 24.9 Å². The predicted molar refractivity (Wildman–Crippen MR) is 69.6 cm³/mol. The lowest BCUT2D eigenvalue weighted by Crippen LogP contribution is -2.40. The molecular weight excluding hydrogens is 250 g/mol. The van der Waals surface area contributed by atoms with E-state index in [1.165, 1.54) is 0 Å². The Balaban J connectivity index is 0.000000459. The molecule has 19 heavy (non-hydrogen) atoms. The molecule has 0 saturated carbocycles. The maximum Gasteiger partial charge on any atom is 0.414 e. The van der Waals surface area contributed by atoms with Gasteiger partial charge in [0.05, 0.1) is 0 Å². The fourth-order valence-electron chi connectivity index (χ4n) is 1.48. The molecule has 0 aliphatic carbocycles. The van der Waals surface area contributed by atoms with Gasteiger partial charge in [-0.2, -0.15) is 0 Å². The van der Waals surface area contributed by atoms with Crippen LogP contribution in [0.25, 0.3) is 0 Å². The largest absolute Gasteiger partial charge is 0.473 e. The highest BCUT2D eigenvalue weighted by Gasteiger charge is 2.28. The molecule has 0 bridgehead atoms. The van der Waals surface area contributed by atoms with Gasteiger partial charge in [0.25, 0.3) is 0 Å². The quantitative estimate of drug-likeness (QED) is 0.558. The first-order chi connectivity index (χ1) is 8.75. The van der Waals surface area contributed by atoms with Crippen molar-refractivity contribution in [3.63, 3.8) is 0 Å². The fraction of sp³-hybridized carbons (Fsp3) is 0.385. The molecule has 6 nitrogen and oxygen atoms in total. The smallest absolute Gasteiger partial charge is 0.414 e. The van der Waals surface area contributed by atoms with Crippen molar-refractivity contribution in [2.75, 3.05) is 14.1 Å². The molecule has 0 radical (unpaired) electrons. The van der Waals surface area contributed by atoms with E-state index in [1.54, 1.807) is 0 Å². The van der Waals surface area contributed by atoms with Crippen LogP contribution in [0.2, 0.25) is 0 Å². The lowest BCUT2D eigenvalue weighted by Gasteiger charge is -2.34. The number of nitrogens with zero attached hydrogens (tertiary/aromatic N) is 1. The zero-order valence-electron chi connectivity index (χ0n) is 11.2. The van der Waals surface area contributed by atoms with E-state index in [9.17, 15) is 5.11 Å². The van der Waals surface area contributed by atoms with Gasteiger partial charge in [0.15, 0.2) is 0 Å². The molecule has 0 amide bonds. The summed E-state index contributed by atoms with van der Waals surface area (Å²) in [6, 6.07) is 9.74. The van der Waals surface area contributed by atoms with E-state index in [0.717, 1.165) is 5.56 Å². The van der Waals surface area contributed by atoms with Gasteiger partial charge in [-0.3, -0.25) is 4.90 Å². The van der Waals surface area contributed by atoms with Crippen molar-refractivity contribution in [1.29, 1.82) is 0 Å². The first-order valence-electron chi connectivity index (χ1n) is 5.67. The molecule has 3 N–H and O–H groups in total. The van der Waals surface area contributed by atoms with E-state index in [-0.39, 0.29) is 0 Å². The van der Waals surface area contributed by atoms with Crippen molar-refractivity contribution in [2.45, 2.75) is 19.1 Å². The molecule has 0 saturated heterocycles. The summed E-state index contributed by atoms with van der Waals surface area (Å²) in [6.45, 7) is 1.98. The summed E-state index contributed by atoms with van der Waals surface area (Å²) in [5.74, 6) is -3.65. The fourth-order valence-corrected chi connectivity index (χ4v) is 1.48. The predicted octanol–water partition coefficient (Wildman–Crippen LogP) is 0.959. The van der Waals surface area contributed by atoms with Crippen molar-refractivity contribution in [2.24, 2.45) is 0 Å². The molecule has 0 aliphatic heterocycles. The Bertz CT molecular complexity index is 406. The summed E-state index contributed by atoms with van der Waals surface area (Å²) in [5.41, 5.74) is 0.115. The summed E-state index contributed by atoms with van der Waals surface area (Å²) in [5, 5.41) is 25.1. The minimum atomic E-state index is -1.82. The van der Waals surface area contributed by atoms with Crippen molar-refractivity contribution >= 4 is 11.9 Å². The highest BCUT2D eigenvalue weighted by Crippen LogP contribution is 2.26. The number of carboxylic acids is 2. The average molecular weight is 269 g/mol. The van der Waals surface area contributed by atoms with Crippen LogP contribution in [0, 0.1) is 0 Å². The minimum absolute atomic E-state index is 0.685. The molecular formula is C13H19NO5. The molecule has 0 aromatic heterocycles. The molecule has 1 rings (SSSR count). The highest BCUT2D eigenvalue weighted by atomic mass is 16.4. The van der Waals surface area contributed by atoms with E-state index in [2.05, 4.69) is 0 Å². The van der Waals surface area contributed by atoms with E-state index in [1.807, 2.05) is 56.3 Å². The number of rotatable bonds is 3. The number of hydrogen-bond acceptors (Lipinski definition) is 4. The van der Waals surface area contributed by atoms with Gasteiger partial charge in [0.1, 0.15) is 5.72 Å². The monoisotopic (exact) mass is 269 g/mol. The highest BCUT2D eigenvalue weighted by molar-refractivity contribution is 6.27. The Morgan fingerprint density at radius 3 is 1.79 bits per heavy atom. The zero-order valence-corrected chi connectivity index (χ0v) is 11.2. The maximum absolute atomic E-state index is 10.3. The first kappa shape index (κ1) is 17.1. The third kappa shape index (κ3) is 5.07. The Labute approximate surface area is 111 Å². The molecule has 0 aliphatic rings. The third-order valence-corrected chi connectivity index (χ3v) is 2.65.